The fraction of sp³-hybridized carbons (Fsp3) is 0.417. The molecule has 0 spiro atoms. The molecule has 4 nitrogen and oxygen atoms in total. The molecule has 0 aliphatic carbocycles. The molecule has 1 heterocycles. The SMILES string of the molecule is O=C(O)C1CN(Cc2ccc(Cl)c(Cl)c2)CCO1. The zero-order valence-electron chi connectivity index (χ0n) is 9.60. The number of ether oxygens (including phenoxy) is 1. The molecule has 1 atom stereocenters. The quantitative estimate of drug-likeness (QED) is 0.928. The van der Waals surface area contributed by atoms with Crippen LogP contribution in [0.3, 0.4) is 0 Å². The molecule has 1 aromatic rings. The minimum atomic E-state index is -0.922. The van der Waals surface area contributed by atoms with Gasteiger partial charge in [0.1, 0.15) is 0 Å². The highest BCUT2D eigenvalue weighted by molar-refractivity contribution is 6.42. The summed E-state index contributed by atoms with van der Waals surface area (Å²) in [5.74, 6) is -0.922. The van der Waals surface area contributed by atoms with Crippen molar-refractivity contribution in [3.63, 3.8) is 0 Å². The Hall–Kier alpha value is -0.810. The molecule has 1 fully saturated rings. The molecule has 1 aromatic carbocycles. The topological polar surface area (TPSA) is 49.8 Å². The summed E-state index contributed by atoms with van der Waals surface area (Å²) >= 11 is 11.8. The first-order valence-corrected chi connectivity index (χ1v) is 6.32. The van der Waals surface area contributed by atoms with E-state index >= 15 is 0 Å². The predicted molar refractivity (Wildman–Crippen MR) is 69.1 cm³/mol. The number of benzene rings is 1. The number of carboxylic acids is 1. The minimum Gasteiger partial charge on any atom is -0.479 e. The van der Waals surface area contributed by atoms with Gasteiger partial charge in [0, 0.05) is 19.6 Å². The lowest BCUT2D eigenvalue weighted by Crippen LogP contribution is -2.45. The summed E-state index contributed by atoms with van der Waals surface area (Å²) in [5.41, 5.74) is 1.01. The number of halogens is 2. The highest BCUT2D eigenvalue weighted by atomic mass is 35.5. The van der Waals surface area contributed by atoms with Crippen LogP contribution in [0.15, 0.2) is 18.2 Å². The Bertz CT molecular complexity index is 453. The van der Waals surface area contributed by atoms with Crippen LogP contribution in [0.2, 0.25) is 10.0 Å². The van der Waals surface area contributed by atoms with Crippen molar-refractivity contribution in [3.8, 4) is 0 Å². The summed E-state index contributed by atoms with van der Waals surface area (Å²) in [6.45, 7) is 2.17. The van der Waals surface area contributed by atoms with Gasteiger partial charge < -0.3 is 9.84 Å². The lowest BCUT2D eigenvalue weighted by molar-refractivity contribution is -0.156. The van der Waals surface area contributed by atoms with Crippen LogP contribution in [0.5, 0.6) is 0 Å². The molecule has 0 amide bonds. The fourth-order valence-electron chi connectivity index (χ4n) is 1.89. The number of hydrogen-bond acceptors (Lipinski definition) is 3. The predicted octanol–water partition coefficient (Wildman–Crippen LogP) is 2.28. The first-order chi connectivity index (χ1) is 8.56. The molecule has 1 aliphatic heterocycles. The molecule has 1 aliphatic rings. The highest BCUT2D eigenvalue weighted by Crippen LogP contribution is 2.23. The van der Waals surface area contributed by atoms with Gasteiger partial charge in [-0.1, -0.05) is 29.3 Å². The van der Waals surface area contributed by atoms with Gasteiger partial charge in [-0.3, -0.25) is 4.90 Å². The Kier molecular flexibility index (Phi) is 4.45. The Morgan fingerprint density at radius 1 is 1.44 bits per heavy atom. The largest absolute Gasteiger partial charge is 0.479 e. The molecule has 98 valence electrons. The van der Waals surface area contributed by atoms with Gasteiger partial charge in [0.15, 0.2) is 6.10 Å². The van der Waals surface area contributed by atoms with Crippen molar-refractivity contribution < 1.29 is 14.6 Å². The lowest BCUT2D eigenvalue weighted by Gasteiger charge is -2.30. The molecule has 6 heteroatoms. The summed E-state index contributed by atoms with van der Waals surface area (Å²) in [5, 5.41) is 9.94. The van der Waals surface area contributed by atoms with E-state index in [0.29, 0.717) is 36.3 Å². The number of hydrogen-bond donors (Lipinski definition) is 1. The van der Waals surface area contributed by atoms with E-state index in [-0.39, 0.29) is 0 Å². The first-order valence-electron chi connectivity index (χ1n) is 5.57. The smallest absolute Gasteiger partial charge is 0.334 e. The van der Waals surface area contributed by atoms with Crippen LogP contribution in [-0.2, 0) is 16.1 Å². The van der Waals surface area contributed by atoms with Gasteiger partial charge in [-0.15, -0.1) is 0 Å². The van der Waals surface area contributed by atoms with Crippen molar-refractivity contribution >= 4 is 29.2 Å². The molecular weight excluding hydrogens is 277 g/mol. The minimum absolute atomic E-state index is 0.385. The van der Waals surface area contributed by atoms with Gasteiger partial charge in [-0.25, -0.2) is 4.79 Å². The van der Waals surface area contributed by atoms with Gasteiger partial charge >= 0.3 is 5.97 Å². The summed E-state index contributed by atoms with van der Waals surface area (Å²) in [6.07, 6.45) is -0.749. The van der Waals surface area contributed by atoms with Crippen molar-refractivity contribution in [1.29, 1.82) is 0 Å². The van der Waals surface area contributed by atoms with E-state index in [9.17, 15) is 4.79 Å². The second-order valence-corrected chi connectivity index (χ2v) is 5.00. The van der Waals surface area contributed by atoms with Crippen LogP contribution in [0.4, 0.5) is 0 Å². The molecule has 2 rings (SSSR count). The highest BCUT2D eigenvalue weighted by Gasteiger charge is 2.26. The number of morpholine rings is 1. The average Bonchev–Trinajstić information content (AvgIpc) is 2.34. The van der Waals surface area contributed by atoms with Crippen LogP contribution in [0.25, 0.3) is 0 Å². The van der Waals surface area contributed by atoms with Crippen molar-refractivity contribution in [2.45, 2.75) is 12.6 Å². The molecule has 0 bridgehead atoms. The number of carbonyl (C=O) groups is 1. The van der Waals surface area contributed by atoms with E-state index in [1.54, 1.807) is 12.1 Å². The van der Waals surface area contributed by atoms with E-state index in [1.807, 2.05) is 11.0 Å². The average molecular weight is 290 g/mol. The summed E-state index contributed by atoms with van der Waals surface area (Å²) in [6, 6.07) is 5.43. The number of rotatable bonds is 3. The molecular formula is C12H13Cl2NO3. The first kappa shape index (κ1) is 13.6. The lowest BCUT2D eigenvalue weighted by atomic mass is 10.2. The summed E-state index contributed by atoms with van der Waals surface area (Å²) < 4.78 is 5.16. The third-order valence-electron chi connectivity index (χ3n) is 2.82. The normalized spacial score (nSPS) is 20.9. The second kappa shape index (κ2) is 5.89. The maximum atomic E-state index is 10.9. The van der Waals surface area contributed by atoms with Crippen LogP contribution < -0.4 is 0 Å². The number of carboxylic acid groups (broad SMARTS) is 1. The molecule has 1 N–H and O–H groups in total. The molecule has 1 unspecified atom stereocenters. The van der Waals surface area contributed by atoms with Gasteiger partial charge in [0.05, 0.1) is 16.7 Å². The van der Waals surface area contributed by atoms with Crippen molar-refractivity contribution in [1.82, 2.24) is 4.90 Å². The Morgan fingerprint density at radius 2 is 2.22 bits per heavy atom. The van der Waals surface area contributed by atoms with Crippen molar-refractivity contribution in [3.05, 3.63) is 33.8 Å². The molecule has 0 radical (unpaired) electrons. The monoisotopic (exact) mass is 289 g/mol. The van der Waals surface area contributed by atoms with E-state index in [1.165, 1.54) is 0 Å². The van der Waals surface area contributed by atoms with E-state index in [0.717, 1.165) is 5.56 Å². The maximum absolute atomic E-state index is 10.9. The standard InChI is InChI=1S/C12H13Cl2NO3/c13-9-2-1-8(5-10(9)14)6-15-3-4-18-11(7-15)12(16)17/h1-2,5,11H,3-4,6-7H2,(H,16,17). The van der Waals surface area contributed by atoms with E-state index < -0.39 is 12.1 Å². The Labute approximate surface area is 115 Å². The zero-order valence-corrected chi connectivity index (χ0v) is 11.1. The third kappa shape index (κ3) is 3.36. The Morgan fingerprint density at radius 3 is 2.89 bits per heavy atom. The van der Waals surface area contributed by atoms with E-state index in [2.05, 4.69) is 0 Å². The van der Waals surface area contributed by atoms with Crippen molar-refractivity contribution in [2.24, 2.45) is 0 Å². The third-order valence-corrected chi connectivity index (χ3v) is 3.56. The van der Waals surface area contributed by atoms with Gasteiger partial charge in [-0.2, -0.15) is 0 Å². The maximum Gasteiger partial charge on any atom is 0.334 e. The molecule has 0 saturated carbocycles. The van der Waals surface area contributed by atoms with Crippen LogP contribution in [-0.4, -0.2) is 41.8 Å². The van der Waals surface area contributed by atoms with Gasteiger partial charge in [0.2, 0.25) is 0 Å². The summed E-state index contributed by atoms with van der Waals surface area (Å²) in [7, 11) is 0. The zero-order chi connectivity index (χ0) is 13.1. The van der Waals surface area contributed by atoms with Crippen LogP contribution >= 0.6 is 23.2 Å². The Balaban J connectivity index is 2.00. The van der Waals surface area contributed by atoms with Gasteiger partial charge in [-0.05, 0) is 17.7 Å². The van der Waals surface area contributed by atoms with Crippen LogP contribution in [0.1, 0.15) is 5.56 Å². The van der Waals surface area contributed by atoms with Crippen LogP contribution in [0, 0.1) is 0 Å². The number of aliphatic carboxylic acids is 1. The number of nitrogens with zero attached hydrogens (tertiary/aromatic N) is 1. The molecule has 1 saturated heterocycles. The van der Waals surface area contributed by atoms with E-state index in [4.69, 9.17) is 33.0 Å². The van der Waals surface area contributed by atoms with Crippen molar-refractivity contribution in [2.75, 3.05) is 19.7 Å². The molecule has 0 aromatic heterocycles. The second-order valence-electron chi connectivity index (χ2n) is 4.18. The molecule has 18 heavy (non-hydrogen) atoms. The van der Waals surface area contributed by atoms with Gasteiger partial charge in [0.25, 0.3) is 0 Å². The fourth-order valence-corrected chi connectivity index (χ4v) is 2.21. The summed E-state index contributed by atoms with van der Waals surface area (Å²) in [4.78, 5) is 12.9.